The highest BCUT2D eigenvalue weighted by Gasteiger charge is 2.11. The second-order valence-electron chi connectivity index (χ2n) is 3.31. The first-order valence-corrected chi connectivity index (χ1v) is 4.40. The molecule has 3 N–H and O–H groups in total. The van der Waals surface area contributed by atoms with Gasteiger partial charge in [0, 0.05) is 5.92 Å². The summed E-state index contributed by atoms with van der Waals surface area (Å²) in [5.41, 5.74) is 5.46. The van der Waals surface area contributed by atoms with Crippen molar-refractivity contribution < 1.29 is 5.21 Å². The minimum atomic E-state index is -0.0557. The van der Waals surface area contributed by atoms with Crippen LogP contribution in [0.25, 0.3) is 0 Å². The van der Waals surface area contributed by atoms with E-state index in [1.807, 2.05) is 20.8 Å². The van der Waals surface area contributed by atoms with Crippen LogP contribution in [0.4, 0.5) is 0 Å². The van der Waals surface area contributed by atoms with E-state index in [1.54, 1.807) is 4.68 Å². The number of nitrogens with two attached hydrogens (primary N) is 1. The van der Waals surface area contributed by atoms with Crippen LogP contribution in [0.5, 0.6) is 0 Å². The molecule has 0 aliphatic carbocycles. The maximum absolute atomic E-state index is 8.48. The highest BCUT2D eigenvalue weighted by Crippen LogP contribution is 2.03. The molecule has 0 aliphatic heterocycles. The smallest absolute Gasteiger partial charge is 0.147 e. The van der Waals surface area contributed by atoms with E-state index in [9.17, 15) is 0 Å². The van der Waals surface area contributed by atoms with Crippen LogP contribution in [0.3, 0.4) is 0 Å². The summed E-state index contributed by atoms with van der Waals surface area (Å²) >= 11 is 0. The van der Waals surface area contributed by atoms with Gasteiger partial charge in [-0.2, -0.15) is 5.10 Å². The van der Waals surface area contributed by atoms with Gasteiger partial charge < -0.3 is 10.9 Å². The highest BCUT2D eigenvalue weighted by molar-refractivity contribution is 5.81. The van der Waals surface area contributed by atoms with E-state index in [-0.39, 0.29) is 11.8 Å². The van der Waals surface area contributed by atoms with Crippen molar-refractivity contribution >= 4 is 5.84 Å². The molecule has 14 heavy (non-hydrogen) atoms. The predicted molar refractivity (Wildman–Crippen MR) is 52.1 cm³/mol. The highest BCUT2D eigenvalue weighted by atomic mass is 16.4. The lowest BCUT2D eigenvalue weighted by Gasteiger charge is -2.09. The molecule has 1 heterocycles. The van der Waals surface area contributed by atoms with Crippen LogP contribution in [0.15, 0.2) is 5.16 Å². The molecule has 0 bridgehead atoms. The van der Waals surface area contributed by atoms with Crippen LogP contribution < -0.4 is 5.73 Å². The van der Waals surface area contributed by atoms with Gasteiger partial charge in [-0.1, -0.05) is 12.1 Å². The summed E-state index contributed by atoms with van der Waals surface area (Å²) in [5.74, 6) is 1.71. The number of hydrogen-bond donors (Lipinski definition) is 2. The first-order valence-electron chi connectivity index (χ1n) is 4.40. The Labute approximate surface area is 82.4 Å². The third-order valence-electron chi connectivity index (χ3n) is 2.03. The van der Waals surface area contributed by atoms with Crippen LogP contribution in [-0.4, -0.2) is 25.8 Å². The van der Waals surface area contributed by atoms with Gasteiger partial charge in [-0.15, -0.1) is 0 Å². The summed E-state index contributed by atoms with van der Waals surface area (Å²) in [5, 5.41) is 15.6. The Kier molecular flexibility index (Phi) is 3.06. The van der Waals surface area contributed by atoms with Gasteiger partial charge in [0.1, 0.15) is 17.5 Å². The zero-order valence-corrected chi connectivity index (χ0v) is 8.60. The molecule has 0 fully saturated rings. The SMILES string of the molecule is Cc1nc(C)n(CC(C)C(N)=NO)n1. The summed E-state index contributed by atoms with van der Waals surface area (Å²) in [7, 11) is 0. The Morgan fingerprint density at radius 1 is 1.64 bits per heavy atom. The fourth-order valence-corrected chi connectivity index (χ4v) is 1.19. The third-order valence-corrected chi connectivity index (χ3v) is 2.03. The molecule has 0 radical (unpaired) electrons. The molecule has 0 amide bonds. The molecule has 0 saturated carbocycles. The van der Waals surface area contributed by atoms with E-state index in [0.29, 0.717) is 6.54 Å². The number of rotatable bonds is 3. The number of hydrogen-bond acceptors (Lipinski definition) is 4. The Hall–Kier alpha value is -1.59. The van der Waals surface area contributed by atoms with Gasteiger partial charge in [0.05, 0.1) is 6.54 Å². The van der Waals surface area contributed by atoms with Gasteiger partial charge in [-0.05, 0) is 13.8 Å². The van der Waals surface area contributed by atoms with Crippen molar-refractivity contribution in [2.75, 3.05) is 0 Å². The van der Waals surface area contributed by atoms with Crippen molar-refractivity contribution in [1.82, 2.24) is 14.8 Å². The largest absolute Gasteiger partial charge is 0.409 e. The molecule has 0 saturated heterocycles. The molecule has 1 aromatic rings. The molecule has 0 spiro atoms. The third kappa shape index (κ3) is 2.21. The lowest BCUT2D eigenvalue weighted by molar-refractivity contribution is 0.312. The second-order valence-corrected chi connectivity index (χ2v) is 3.31. The van der Waals surface area contributed by atoms with E-state index in [4.69, 9.17) is 10.9 Å². The van der Waals surface area contributed by atoms with Crippen LogP contribution in [0, 0.1) is 19.8 Å². The molecule has 6 heteroatoms. The van der Waals surface area contributed by atoms with E-state index in [2.05, 4.69) is 15.2 Å². The summed E-state index contributed by atoms with van der Waals surface area (Å²) in [4.78, 5) is 4.16. The summed E-state index contributed by atoms with van der Waals surface area (Å²) in [6.45, 7) is 6.14. The molecule has 1 unspecified atom stereocenters. The number of aryl methyl sites for hydroxylation is 2. The molecule has 6 nitrogen and oxygen atoms in total. The van der Waals surface area contributed by atoms with Crippen LogP contribution >= 0.6 is 0 Å². The Bertz CT molecular complexity index is 344. The van der Waals surface area contributed by atoms with Crippen LogP contribution in [-0.2, 0) is 6.54 Å². The second kappa shape index (κ2) is 4.08. The van der Waals surface area contributed by atoms with Gasteiger partial charge in [0.15, 0.2) is 0 Å². The number of nitrogens with zero attached hydrogens (tertiary/aromatic N) is 4. The molecule has 78 valence electrons. The van der Waals surface area contributed by atoms with Gasteiger partial charge in [-0.25, -0.2) is 9.67 Å². The fraction of sp³-hybridized carbons (Fsp3) is 0.625. The zero-order chi connectivity index (χ0) is 10.7. The van der Waals surface area contributed by atoms with Crippen molar-refractivity contribution in [3.05, 3.63) is 11.6 Å². The Morgan fingerprint density at radius 2 is 2.29 bits per heavy atom. The normalized spacial score (nSPS) is 14.4. The molecule has 0 aliphatic rings. The van der Waals surface area contributed by atoms with Crippen molar-refractivity contribution in [3.63, 3.8) is 0 Å². The van der Waals surface area contributed by atoms with Crippen molar-refractivity contribution in [2.24, 2.45) is 16.8 Å². The quantitative estimate of drug-likeness (QED) is 0.315. The minimum Gasteiger partial charge on any atom is -0.409 e. The van der Waals surface area contributed by atoms with Crippen molar-refractivity contribution in [2.45, 2.75) is 27.3 Å². The van der Waals surface area contributed by atoms with Crippen LogP contribution in [0.2, 0.25) is 0 Å². The average Bonchev–Trinajstić information content (AvgIpc) is 2.44. The van der Waals surface area contributed by atoms with E-state index < -0.39 is 0 Å². The van der Waals surface area contributed by atoms with Crippen molar-refractivity contribution in [1.29, 1.82) is 0 Å². The molecule has 1 rings (SSSR count). The Morgan fingerprint density at radius 3 is 2.71 bits per heavy atom. The maximum atomic E-state index is 8.48. The van der Waals surface area contributed by atoms with E-state index in [1.165, 1.54) is 0 Å². The van der Waals surface area contributed by atoms with E-state index >= 15 is 0 Å². The predicted octanol–water partition coefficient (Wildman–Crippen LogP) is 0.277. The number of amidine groups is 1. The molecular weight excluding hydrogens is 182 g/mol. The monoisotopic (exact) mass is 197 g/mol. The van der Waals surface area contributed by atoms with Gasteiger partial charge in [-0.3, -0.25) is 0 Å². The van der Waals surface area contributed by atoms with Crippen molar-refractivity contribution in [3.8, 4) is 0 Å². The molecule has 1 atom stereocenters. The summed E-state index contributed by atoms with van der Waals surface area (Å²) in [6, 6.07) is 0. The molecule has 1 aromatic heterocycles. The first-order chi connectivity index (χ1) is 6.54. The molecular formula is C8H15N5O. The topological polar surface area (TPSA) is 89.3 Å². The fourth-order valence-electron chi connectivity index (χ4n) is 1.19. The standard InChI is InChI=1S/C8H15N5O/c1-5(8(9)12-14)4-13-7(3)10-6(2)11-13/h5,14H,4H2,1-3H3,(H2,9,12). The minimum absolute atomic E-state index is 0.0557. The number of aromatic nitrogens is 3. The zero-order valence-electron chi connectivity index (χ0n) is 8.60. The average molecular weight is 197 g/mol. The van der Waals surface area contributed by atoms with Gasteiger partial charge in [0.2, 0.25) is 0 Å². The Balaban J connectivity index is 2.74. The van der Waals surface area contributed by atoms with E-state index in [0.717, 1.165) is 11.6 Å². The summed E-state index contributed by atoms with van der Waals surface area (Å²) in [6.07, 6.45) is 0. The lowest BCUT2D eigenvalue weighted by atomic mass is 10.1. The first kappa shape index (κ1) is 10.5. The summed E-state index contributed by atoms with van der Waals surface area (Å²) < 4.78 is 1.75. The van der Waals surface area contributed by atoms with Crippen LogP contribution in [0.1, 0.15) is 18.6 Å². The van der Waals surface area contributed by atoms with Gasteiger partial charge in [0.25, 0.3) is 0 Å². The maximum Gasteiger partial charge on any atom is 0.147 e. The lowest BCUT2D eigenvalue weighted by Crippen LogP contribution is -2.26. The molecule has 0 aromatic carbocycles. The number of oxime groups is 1. The van der Waals surface area contributed by atoms with Gasteiger partial charge >= 0.3 is 0 Å².